The van der Waals surface area contributed by atoms with E-state index >= 15 is 0 Å². The van der Waals surface area contributed by atoms with Gasteiger partial charge in [0.2, 0.25) is 17.8 Å². The van der Waals surface area contributed by atoms with Gasteiger partial charge in [0.05, 0.1) is 6.54 Å². The molecule has 21 heavy (non-hydrogen) atoms. The lowest BCUT2D eigenvalue weighted by Gasteiger charge is -2.16. The second-order valence-electron chi connectivity index (χ2n) is 4.92. The fraction of sp³-hybridized carbons (Fsp3) is 0.538. The molecule has 0 atom stereocenters. The van der Waals surface area contributed by atoms with Gasteiger partial charge in [0.15, 0.2) is 0 Å². The fourth-order valence-electron chi connectivity index (χ4n) is 2.33. The summed E-state index contributed by atoms with van der Waals surface area (Å²) in [6.07, 6.45) is 6.10. The van der Waals surface area contributed by atoms with E-state index in [1.807, 2.05) is 24.0 Å². The van der Waals surface area contributed by atoms with Gasteiger partial charge in [-0.1, -0.05) is 0 Å². The molecule has 0 spiro atoms. The van der Waals surface area contributed by atoms with Crippen LogP contribution >= 0.6 is 0 Å². The van der Waals surface area contributed by atoms with E-state index in [0.29, 0.717) is 18.4 Å². The van der Waals surface area contributed by atoms with Crippen molar-refractivity contribution in [2.45, 2.75) is 19.4 Å². The van der Waals surface area contributed by atoms with Crippen molar-refractivity contribution in [2.75, 3.05) is 42.2 Å². The molecule has 8 heteroatoms. The zero-order valence-corrected chi connectivity index (χ0v) is 12.2. The van der Waals surface area contributed by atoms with Gasteiger partial charge in [-0.3, -0.25) is 4.68 Å². The Morgan fingerprint density at radius 1 is 1.14 bits per heavy atom. The molecule has 0 amide bonds. The SMILES string of the molecule is CNc1nc(NCCn2cccn2)nc(N2CCCC2)n1. The monoisotopic (exact) mass is 288 g/mol. The largest absolute Gasteiger partial charge is 0.357 e. The van der Waals surface area contributed by atoms with Crippen LogP contribution in [0.1, 0.15) is 12.8 Å². The highest BCUT2D eigenvalue weighted by atomic mass is 15.3. The molecule has 0 bridgehead atoms. The first-order valence-corrected chi connectivity index (χ1v) is 7.25. The molecule has 0 unspecified atom stereocenters. The third-order valence-corrected chi connectivity index (χ3v) is 3.42. The highest BCUT2D eigenvalue weighted by molar-refractivity contribution is 5.44. The lowest BCUT2D eigenvalue weighted by Crippen LogP contribution is -2.22. The molecule has 3 rings (SSSR count). The molecule has 0 aromatic carbocycles. The van der Waals surface area contributed by atoms with Crippen molar-refractivity contribution in [3.63, 3.8) is 0 Å². The average molecular weight is 288 g/mol. The van der Waals surface area contributed by atoms with E-state index in [0.717, 1.165) is 25.6 Å². The Morgan fingerprint density at radius 3 is 2.67 bits per heavy atom. The molecule has 0 aliphatic carbocycles. The molecule has 2 aromatic heterocycles. The maximum atomic E-state index is 4.51. The third kappa shape index (κ3) is 3.39. The maximum Gasteiger partial charge on any atom is 0.231 e. The number of hydrogen-bond acceptors (Lipinski definition) is 7. The Bertz CT molecular complexity index is 562. The van der Waals surface area contributed by atoms with Crippen molar-refractivity contribution >= 4 is 17.8 Å². The van der Waals surface area contributed by atoms with Crippen LogP contribution in [-0.2, 0) is 6.54 Å². The summed E-state index contributed by atoms with van der Waals surface area (Å²) in [5, 5.41) is 10.4. The summed E-state index contributed by atoms with van der Waals surface area (Å²) in [5.74, 6) is 1.94. The van der Waals surface area contributed by atoms with Crippen LogP contribution in [0.25, 0.3) is 0 Å². The number of nitrogens with zero attached hydrogens (tertiary/aromatic N) is 6. The molecule has 0 radical (unpaired) electrons. The van der Waals surface area contributed by atoms with E-state index in [1.54, 1.807) is 6.20 Å². The van der Waals surface area contributed by atoms with E-state index in [-0.39, 0.29) is 0 Å². The van der Waals surface area contributed by atoms with Gasteiger partial charge in [-0.2, -0.15) is 20.1 Å². The van der Waals surface area contributed by atoms with Crippen LogP contribution in [-0.4, -0.2) is 51.4 Å². The molecule has 1 fully saturated rings. The summed E-state index contributed by atoms with van der Waals surface area (Å²) in [7, 11) is 1.82. The molecule has 2 aromatic rings. The highest BCUT2D eigenvalue weighted by Crippen LogP contribution is 2.18. The lowest BCUT2D eigenvalue weighted by molar-refractivity contribution is 0.636. The molecular formula is C13H20N8. The predicted octanol–water partition coefficient (Wildman–Crippen LogP) is 0.822. The standard InChI is InChI=1S/C13H20N8/c1-14-11-17-12(15-6-10-21-9-4-5-16-21)19-13(18-11)20-7-2-3-8-20/h4-5,9H,2-3,6-8,10H2,1H3,(H2,14,15,17,18,19). The van der Waals surface area contributed by atoms with Crippen LogP contribution in [0.3, 0.4) is 0 Å². The second-order valence-corrected chi connectivity index (χ2v) is 4.92. The minimum absolute atomic E-state index is 0.591. The van der Waals surface area contributed by atoms with Crippen molar-refractivity contribution in [2.24, 2.45) is 0 Å². The zero-order chi connectivity index (χ0) is 14.5. The summed E-state index contributed by atoms with van der Waals surface area (Å²) >= 11 is 0. The minimum Gasteiger partial charge on any atom is -0.357 e. The van der Waals surface area contributed by atoms with Crippen LogP contribution < -0.4 is 15.5 Å². The van der Waals surface area contributed by atoms with Crippen LogP contribution in [0.2, 0.25) is 0 Å². The van der Waals surface area contributed by atoms with Gasteiger partial charge in [0, 0.05) is 39.1 Å². The summed E-state index contributed by atoms with van der Waals surface area (Å²) in [6.45, 7) is 3.51. The van der Waals surface area contributed by atoms with E-state index in [2.05, 4.69) is 35.6 Å². The normalized spacial score (nSPS) is 14.4. The number of aromatic nitrogens is 5. The highest BCUT2D eigenvalue weighted by Gasteiger charge is 2.17. The summed E-state index contributed by atoms with van der Waals surface area (Å²) in [5.41, 5.74) is 0. The Labute approximate surface area is 123 Å². The first kappa shape index (κ1) is 13.6. The zero-order valence-electron chi connectivity index (χ0n) is 12.2. The fourth-order valence-corrected chi connectivity index (χ4v) is 2.33. The van der Waals surface area contributed by atoms with Crippen LogP contribution in [0.4, 0.5) is 17.8 Å². The molecule has 8 nitrogen and oxygen atoms in total. The Balaban J connectivity index is 1.66. The molecule has 2 N–H and O–H groups in total. The van der Waals surface area contributed by atoms with E-state index in [9.17, 15) is 0 Å². The number of rotatable bonds is 6. The van der Waals surface area contributed by atoms with Gasteiger partial charge in [0.1, 0.15) is 0 Å². The van der Waals surface area contributed by atoms with Gasteiger partial charge >= 0.3 is 0 Å². The van der Waals surface area contributed by atoms with Gasteiger partial charge < -0.3 is 15.5 Å². The third-order valence-electron chi connectivity index (χ3n) is 3.42. The summed E-state index contributed by atoms with van der Waals surface area (Å²) in [6, 6.07) is 1.91. The summed E-state index contributed by atoms with van der Waals surface area (Å²) < 4.78 is 1.87. The Kier molecular flexibility index (Phi) is 4.13. The van der Waals surface area contributed by atoms with Crippen LogP contribution in [0.5, 0.6) is 0 Å². The van der Waals surface area contributed by atoms with Crippen molar-refractivity contribution in [1.82, 2.24) is 24.7 Å². The second kappa shape index (κ2) is 6.38. The smallest absolute Gasteiger partial charge is 0.231 e. The van der Waals surface area contributed by atoms with Crippen molar-refractivity contribution < 1.29 is 0 Å². The number of hydrogen-bond donors (Lipinski definition) is 2. The predicted molar refractivity (Wildman–Crippen MR) is 81.5 cm³/mol. The van der Waals surface area contributed by atoms with E-state index < -0.39 is 0 Å². The topological polar surface area (TPSA) is 83.8 Å². The first-order chi connectivity index (χ1) is 10.3. The van der Waals surface area contributed by atoms with Crippen molar-refractivity contribution in [3.8, 4) is 0 Å². The van der Waals surface area contributed by atoms with Crippen LogP contribution in [0, 0.1) is 0 Å². The van der Waals surface area contributed by atoms with Gasteiger partial charge in [-0.25, -0.2) is 0 Å². The van der Waals surface area contributed by atoms with Gasteiger partial charge in [-0.15, -0.1) is 0 Å². The molecule has 1 saturated heterocycles. The minimum atomic E-state index is 0.591. The van der Waals surface area contributed by atoms with Gasteiger partial charge in [0.25, 0.3) is 0 Å². The molecule has 0 saturated carbocycles. The van der Waals surface area contributed by atoms with Crippen LogP contribution in [0.15, 0.2) is 18.5 Å². The molecule has 3 heterocycles. The molecule has 1 aliphatic rings. The lowest BCUT2D eigenvalue weighted by atomic mass is 10.4. The van der Waals surface area contributed by atoms with E-state index in [1.165, 1.54) is 12.8 Å². The Morgan fingerprint density at radius 2 is 1.95 bits per heavy atom. The number of anilines is 3. The molecule has 1 aliphatic heterocycles. The van der Waals surface area contributed by atoms with E-state index in [4.69, 9.17) is 0 Å². The maximum absolute atomic E-state index is 4.51. The molecule has 112 valence electrons. The Hall–Kier alpha value is -2.38. The van der Waals surface area contributed by atoms with Gasteiger partial charge in [-0.05, 0) is 18.9 Å². The number of nitrogens with one attached hydrogen (secondary N) is 2. The molecular weight excluding hydrogens is 268 g/mol. The summed E-state index contributed by atoms with van der Waals surface area (Å²) in [4.78, 5) is 15.5. The average Bonchev–Trinajstić information content (AvgIpc) is 3.20. The quantitative estimate of drug-likeness (QED) is 0.814. The first-order valence-electron chi connectivity index (χ1n) is 7.25. The van der Waals surface area contributed by atoms with Crippen molar-refractivity contribution in [3.05, 3.63) is 18.5 Å². The van der Waals surface area contributed by atoms with Crippen molar-refractivity contribution in [1.29, 1.82) is 0 Å².